The summed E-state index contributed by atoms with van der Waals surface area (Å²) in [6.07, 6.45) is 1.99. The average molecular weight is 220 g/mol. The Morgan fingerprint density at radius 2 is 2.27 bits per heavy atom. The van der Waals surface area contributed by atoms with Crippen LogP contribution in [0.25, 0.3) is 10.9 Å². The third kappa shape index (κ3) is 2.15. The highest BCUT2D eigenvalue weighted by Gasteiger charge is 2.03. The molecule has 1 heterocycles. The molecule has 15 heavy (non-hydrogen) atoms. The van der Waals surface area contributed by atoms with Gasteiger partial charge in [0, 0.05) is 27.7 Å². The van der Waals surface area contributed by atoms with Crippen molar-refractivity contribution in [3.8, 4) is 0 Å². The van der Waals surface area contributed by atoms with Crippen LogP contribution in [-0.4, -0.2) is 21.7 Å². The Kier molecular flexibility index (Phi) is 2.97. The standard InChI is InChI=1S/C11H12N2OS/c1-8(13-14)7-15-11-6-12-10-5-3-2-4-9(10)11/h2-6,12,14H,7H2,1H3/b13-8-. The van der Waals surface area contributed by atoms with Gasteiger partial charge in [0.05, 0.1) is 5.71 Å². The third-order valence-corrected chi connectivity index (χ3v) is 3.37. The van der Waals surface area contributed by atoms with E-state index in [1.807, 2.05) is 31.3 Å². The number of rotatable bonds is 3. The van der Waals surface area contributed by atoms with Crippen molar-refractivity contribution in [1.29, 1.82) is 0 Å². The number of hydrogen-bond acceptors (Lipinski definition) is 3. The number of nitrogens with one attached hydrogen (secondary N) is 1. The lowest BCUT2D eigenvalue weighted by Crippen LogP contribution is -1.93. The fourth-order valence-electron chi connectivity index (χ4n) is 1.38. The van der Waals surface area contributed by atoms with Crippen molar-refractivity contribution in [1.82, 2.24) is 4.98 Å². The monoisotopic (exact) mass is 220 g/mol. The highest BCUT2D eigenvalue weighted by molar-refractivity contribution is 8.00. The van der Waals surface area contributed by atoms with Gasteiger partial charge in [0.1, 0.15) is 0 Å². The highest BCUT2D eigenvalue weighted by atomic mass is 32.2. The molecule has 0 saturated heterocycles. The molecule has 0 radical (unpaired) electrons. The van der Waals surface area contributed by atoms with Crippen molar-refractivity contribution in [3.05, 3.63) is 30.5 Å². The van der Waals surface area contributed by atoms with Crippen LogP contribution in [0.15, 0.2) is 40.5 Å². The molecule has 0 aliphatic carbocycles. The first kappa shape index (κ1) is 10.1. The Morgan fingerprint density at radius 3 is 3.07 bits per heavy atom. The first-order valence-electron chi connectivity index (χ1n) is 4.67. The summed E-state index contributed by atoms with van der Waals surface area (Å²) in [6.45, 7) is 1.81. The van der Waals surface area contributed by atoms with Gasteiger partial charge in [-0.05, 0) is 13.0 Å². The summed E-state index contributed by atoms with van der Waals surface area (Å²) in [4.78, 5) is 4.40. The van der Waals surface area contributed by atoms with Gasteiger partial charge < -0.3 is 10.2 Å². The van der Waals surface area contributed by atoms with Gasteiger partial charge in [-0.3, -0.25) is 0 Å². The molecule has 0 atom stereocenters. The van der Waals surface area contributed by atoms with E-state index >= 15 is 0 Å². The van der Waals surface area contributed by atoms with Crippen LogP contribution in [0, 0.1) is 0 Å². The van der Waals surface area contributed by atoms with E-state index in [1.165, 1.54) is 10.3 Å². The molecule has 2 N–H and O–H groups in total. The predicted octanol–water partition coefficient (Wildman–Crippen LogP) is 3.11. The molecule has 0 fully saturated rings. The fraction of sp³-hybridized carbons (Fsp3) is 0.182. The van der Waals surface area contributed by atoms with E-state index in [1.54, 1.807) is 11.8 Å². The molecule has 1 aromatic carbocycles. The van der Waals surface area contributed by atoms with Crippen LogP contribution < -0.4 is 0 Å². The largest absolute Gasteiger partial charge is 0.411 e. The third-order valence-electron chi connectivity index (χ3n) is 2.16. The molecule has 0 bridgehead atoms. The Balaban J connectivity index is 2.22. The molecule has 0 aliphatic heterocycles. The lowest BCUT2D eigenvalue weighted by atomic mass is 10.2. The van der Waals surface area contributed by atoms with Crippen molar-refractivity contribution >= 4 is 28.4 Å². The Hall–Kier alpha value is -1.42. The van der Waals surface area contributed by atoms with E-state index in [2.05, 4.69) is 16.2 Å². The summed E-state index contributed by atoms with van der Waals surface area (Å²) >= 11 is 1.67. The number of hydrogen-bond donors (Lipinski definition) is 2. The van der Waals surface area contributed by atoms with Gasteiger partial charge in [0.25, 0.3) is 0 Å². The summed E-state index contributed by atoms with van der Waals surface area (Å²) in [5.74, 6) is 0.707. The van der Waals surface area contributed by atoms with Gasteiger partial charge in [0.15, 0.2) is 0 Å². The molecule has 0 amide bonds. The predicted molar refractivity (Wildman–Crippen MR) is 63.9 cm³/mol. The van der Waals surface area contributed by atoms with Gasteiger partial charge in [-0.15, -0.1) is 11.8 Å². The van der Waals surface area contributed by atoms with Crippen molar-refractivity contribution in [2.45, 2.75) is 11.8 Å². The zero-order chi connectivity index (χ0) is 10.7. The van der Waals surface area contributed by atoms with E-state index in [0.29, 0.717) is 5.75 Å². The SMILES string of the molecule is C/C(CSc1c[nH]c2ccccc12)=N/O. The minimum absolute atomic E-state index is 0.707. The van der Waals surface area contributed by atoms with Crippen LogP contribution >= 0.6 is 11.8 Å². The number of oxime groups is 1. The molecule has 2 aromatic rings. The molecule has 0 spiro atoms. The maximum atomic E-state index is 8.54. The number of aromatic amines is 1. The second-order valence-corrected chi connectivity index (χ2v) is 4.34. The summed E-state index contributed by atoms with van der Waals surface area (Å²) in [5.41, 5.74) is 1.86. The van der Waals surface area contributed by atoms with Crippen molar-refractivity contribution in [2.75, 3.05) is 5.75 Å². The number of aromatic nitrogens is 1. The van der Waals surface area contributed by atoms with E-state index < -0.39 is 0 Å². The van der Waals surface area contributed by atoms with Gasteiger partial charge in [-0.25, -0.2) is 0 Å². The Labute approximate surface area is 92.2 Å². The highest BCUT2D eigenvalue weighted by Crippen LogP contribution is 2.27. The van der Waals surface area contributed by atoms with Crippen molar-refractivity contribution < 1.29 is 5.21 Å². The normalized spacial score (nSPS) is 12.2. The zero-order valence-electron chi connectivity index (χ0n) is 8.40. The number of benzene rings is 1. The lowest BCUT2D eigenvalue weighted by molar-refractivity contribution is 0.318. The van der Waals surface area contributed by atoms with Crippen LogP contribution in [0.1, 0.15) is 6.92 Å². The van der Waals surface area contributed by atoms with Gasteiger partial charge in [-0.1, -0.05) is 23.4 Å². The molecule has 0 saturated carbocycles. The average Bonchev–Trinajstić information content (AvgIpc) is 2.69. The molecule has 3 nitrogen and oxygen atoms in total. The molecule has 0 unspecified atom stereocenters. The Morgan fingerprint density at radius 1 is 1.47 bits per heavy atom. The van der Waals surface area contributed by atoms with Gasteiger partial charge in [0.2, 0.25) is 0 Å². The van der Waals surface area contributed by atoms with Crippen molar-refractivity contribution in [2.24, 2.45) is 5.16 Å². The summed E-state index contributed by atoms with van der Waals surface area (Å²) in [7, 11) is 0. The second-order valence-electron chi connectivity index (χ2n) is 3.32. The van der Waals surface area contributed by atoms with Crippen LogP contribution in [0.3, 0.4) is 0 Å². The summed E-state index contributed by atoms with van der Waals surface area (Å²) in [6, 6.07) is 8.16. The molecule has 78 valence electrons. The first-order valence-corrected chi connectivity index (χ1v) is 5.66. The van der Waals surface area contributed by atoms with Gasteiger partial charge in [-0.2, -0.15) is 0 Å². The topological polar surface area (TPSA) is 48.4 Å². The maximum Gasteiger partial charge on any atom is 0.0642 e. The van der Waals surface area contributed by atoms with Crippen molar-refractivity contribution in [3.63, 3.8) is 0 Å². The van der Waals surface area contributed by atoms with E-state index in [4.69, 9.17) is 5.21 Å². The Bertz CT molecular complexity index is 490. The number of thioether (sulfide) groups is 1. The van der Waals surface area contributed by atoms with Gasteiger partial charge >= 0.3 is 0 Å². The minimum Gasteiger partial charge on any atom is -0.411 e. The minimum atomic E-state index is 0.707. The van der Waals surface area contributed by atoms with E-state index in [0.717, 1.165) is 11.2 Å². The van der Waals surface area contributed by atoms with E-state index in [-0.39, 0.29) is 0 Å². The second kappa shape index (κ2) is 4.40. The molecule has 2 rings (SSSR count). The summed E-state index contributed by atoms with van der Waals surface area (Å²) in [5, 5.41) is 12.9. The maximum absolute atomic E-state index is 8.54. The lowest BCUT2D eigenvalue weighted by Gasteiger charge is -1.97. The number of fused-ring (bicyclic) bond motifs is 1. The first-order chi connectivity index (χ1) is 7.31. The summed E-state index contributed by atoms with van der Waals surface area (Å²) < 4.78 is 0. The fourth-order valence-corrected chi connectivity index (χ4v) is 2.27. The van der Waals surface area contributed by atoms with Crippen LogP contribution in [0.2, 0.25) is 0 Å². The molecule has 4 heteroatoms. The molecular weight excluding hydrogens is 208 g/mol. The number of nitrogens with zero attached hydrogens (tertiary/aromatic N) is 1. The number of H-pyrrole nitrogens is 1. The molecular formula is C11H12N2OS. The zero-order valence-corrected chi connectivity index (χ0v) is 9.21. The molecule has 0 aliphatic rings. The smallest absolute Gasteiger partial charge is 0.0642 e. The van der Waals surface area contributed by atoms with E-state index in [9.17, 15) is 0 Å². The number of para-hydroxylation sites is 1. The van der Waals surface area contributed by atoms with Crippen LogP contribution in [0.5, 0.6) is 0 Å². The quantitative estimate of drug-likeness (QED) is 0.361. The van der Waals surface area contributed by atoms with Crippen LogP contribution in [0.4, 0.5) is 0 Å². The molecule has 1 aromatic heterocycles. The van der Waals surface area contributed by atoms with Crippen LogP contribution in [-0.2, 0) is 0 Å².